The van der Waals surface area contributed by atoms with Crippen LogP contribution in [0, 0.1) is 12.7 Å². The van der Waals surface area contributed by atoms with Crippen LogP contribution >= 0.6 is 0 Å². The van der Waals surface area contributed by atoms with Crippen LogP contribution in [0.4, 0.5) is 4.39 Å². The van der Waals surface area contributed by atoms with Crippen LogP contribution < -0.4 is 14.2 Å². The first-order valence-electron chi connectivity index (χ1n) is 7.55. The van der Waals surface area contributed by atoms with Crippen molar-refractivity contribution in [2.24, 2.45) is 0 Å². The molecule has 2 aromatic rings. The van der Waals surface area contributed by atoms with Crippen molar-refractivity contribution in [1.82, 2.24) is 4.72 Å². The second-order valence-corrected chi connectivity index (χ2v) is 7.37. The molecule has 0 amide bonds. The number of nitrogens with one attached hydrogen (secondary N) is 1. The average molecular weight is 351 g/mol. The van der Waals surface area contributed by atoms with Crippen LogP contribution in [0.25, 0.3) is 0 Å². The van der Waals surface area contributed by atoms with Crippen molar-refractivity contribution in [3.8, 4) is 11.5 Å². The number of fused-ring (bicyclic) bond motifs is 1. The van der Waals surface area contributed by atoms with Gasteiger partial charge in [0.25, 0.3) is 0 Å². The summed E-state index contributed by atoms with van der Waals surface area (Å²) in [6.07, 6.45) is 0. The molecule has 1 aliphatic heterocycles. The summed E-state index contributed by atoms with van der Waals surface area (Å²) in [6.45, 7) is 4.22. The molecule has 0 saturated heterocycles. The molecule has 0 fully saturated rings. The number of halogens is 1. The third kappa shape index (κ3) is 3.37. The predicted octanol–water partition coefficient (Wildman–Crippen LogP) is 2.94. The lowest BCUT2D eigenvalue weighted by Crippen LogP contribution is -2.27. The molecule has 1 heterocycles. The van der Waals surface area contributed by atoms with Crippen LogP contribution in [0.3, 0.4) is 0 Å². The largest absolute Gasteiger partial charge is 0.486 e. The lowest BCUT2D eigenvalue weighted by Gasteiger charge is -2.21. The fraction of sp³-hybridized carbons (Fsp3) is 0.294. The minimum absolute atomic E-state index is 0.0331. The Morgan fingerprint density at radius 2 is 1.79 bits per heavy atom. The van der Waals surface area contributed by atoms with Crippen LogP contribution in [0.15, 0.2) is 41.3 Å². The predicted molar refractivity (Wildman–Crippen MR) is 87.3 cm³/mol. The summed E-state index contributed by atoms with van der Waals surface area (Å²) < 4.78 is 51.9. The van der Waals surface area contributed by atoms with Gasteiger partial charge in [0.15, 0.2) is 11.5 Å². The number of rotatable bonds is 4. The van der Waals surface area contributed by atoms with E-state index in [1.807, 2.05) is 0 Å². The second kappa shape index (κ2) is 6.41. The molecule has 5 nitrogen and oxygen atoms in total. The number of aryl methyl sites for hydroxylation is 1. The zero-order valence-corrected chi connectivity index (χ0v) is 14.2. The van der Waals surface area contributed by atoms with E-state index in [0.717, 1.165) is 11.6 Å². The third-order valence-electron chi connectivity index (χ3n) is 3.84. The minimum Gasteiger partial charge on any atom is -0.486 e. The van der Waals surface area contributed by atoms with E-state index in [4.69, 9.17) is 9.47 Å². The number of sulfonamides is 1. The van der Waals surface area contributed by atoms with Crippen molar-refractivity contribution >= 4 is 10.0 Å². The van der Waals surface area contributed by atoms with Gasteiger partial charge >= 0.3 is 0 Å². The Kier molecular flexibility index (Phi) is 4.47. The van der Waals surface area contributed by atoms with Crippen molar-refractivity contribution in [1.29, 1.82) is 0 Å². The zero-order chi connectivity index (χ0) is 17.3. The first-order valence-corrected chi connectivity index (χ1v) is 9.03. The number of ether oxygens (including phenoxy) is 2. The second-order valence-electron chi connectivity index (χ2n) is 5.66. The first-order chi connectivity index (χ1) is 11.4. The molecule has 1 N–H and O–H groups in total. The van der Waals surface area contributed by atoms with Crippen molar-refractivity contribution < 1.29 is 22.3 Å². The highest BCUT2D eigenvalue weighted by atomic mass is 32.2. The summed E-state index contributed by atoms with van der Waals surface area (Å²) in [7, 11) is -3.76. The molecule has 0 radical (unpaired) electrons. The van der Waals surface area contributed by atoms with Crippen LogP contribution in [0.2, 0.25) is 0 Å². The fourth-order valence-corrected chi connectivity index (χ4v) is 3.80. The SMILES string of the molecule is Cc1cc(S(=O)(=O)N[C@@H](C)c2ccc3c(c2)OCCO3)ccc1F. The normalized spacial score (nSPS) is 15.1. The van der Waals surface area contributed by atoms with Crippen molar-refractivity contribution in [2.45, 2.75) is 24.8 Å². The highest BCUT2D eigenvalue weighted by molar-refractivity contribution is 7.89. The third-order valence-corrected chi connectivity index (χ3v) is 5.38. The van der Waals surface area contributed by atoms with Gasteiger partial charge in [-0.3, -0.25) is 0 Å². The highest BCUT2D eigenvalue weighted by Gasteiger charge is 2.21. The topological polar surface area (TPSA) is 64.6 Å². The molecule has 1 atom stereocenters. The highest BCUT2D eigenvalue weighted by Crippen LogP contribution is 2.33. The quantitative estimate of drug-likeness (QED) is 0.920. The van der Waals surface area contributed by atoms with E-state index in [2.05, 4.69) is 4.72 Å². The van der Waals surface area contributed by atoms with Gasteiger partial charge in [-0.25, -0.2) is 17.5 Å². The molecule has 3 rings (SSSR count). The maximum atomic E-state index is 13.3. The average Bonchev–Trinajstić information content (AvgIpc) is 2.56. The van der Waals surface area contributed by atoms with Gasteiger partial charge < -0.3 is 9.47 Å². The van der Waals surface area contributed by atoms with Gasteiger partial charge in [-0.15, -0.1) is 0 Å². The summed E-state index contributed by atoms with van der Waals surface area (Å²) in [5.74, 6) is 0.811. The zero-order valence-electron chi connectivity index (χ0n) is 13.4. The molecule has 7 heteroatoms. The molecule has 24 heavy (non-hydrogen) atoms. The van der Waals surface area contributed by atoms with Crippen LogP contribution in [-0.2, 0) is 10.0 Å². The Balaban J connectivity index is 1.82. The van der Waals surface area contributed by atoms with E-state index in [1.54, 1.807) is 25.1 Å². The van der Waals surface area contributed by atoms with Gasteiger partial charge in [0, 0.05) is 6.04 Å². The van der Waals surface area contributed by atoms with Gasteiger partial charge in [-0.05, 0) is 55.3 Å². The van der Waals surface area contributed by atoms with Crippen LogP contribution in [-0.4, -0.2) is 21.6 Å². The Hall–Kier alpha value is -2.12. The molecule has 0 bridgehead atoms. The van der Waals surface area contributed by atoms with E-state index in [9.17, 15) is 12.8 Å². The van der Waals surface area contributed by atoms with Gasteiger partial charge in [0.2, 0.25) is 10.0 Å². The van der Waals surface area contributed by atoms with Crippen molar-refractivity contribution in [3.63, 3.8) is 0 Å². The van der Waals surface area contributed by atoms with E-state index >= 15 is 0 Å². The molecule has 0 saturated carbocycles. The molecule has 0 aromatic heterocycles. The van der Waals surface area contributed by atoms with E-state index in [0.29, 0.717) is 24.7 Å². The lowest BCUT2D eigenvalue weighted by atomic mass is 10.1. The standard InChI is InChI=1S/C17H18FNO4S/c1-11-9-14(4-5-15(11)18)24(20,21)19-12(2)13-3-6-16-17(10-13)23-8-7-22-16/h3-6,9-10,12,19H,7-8H2,1-2H3/t12-/m0/s1. The van der Waals surface area contributed by atoms with E-state index in [1.165, 1.54) is 19.1 Å². The smallest absolute Gasteiger partial charge is 0.241 e. The molecule has 0 aliphatic carbocycles. The number of hydrogen-bond donors (Lipinski definition) is 1. The number of hydrogen-bond acceptors (Lipinski definition) is 4. The maximum absolute atomic E-state index is 13.3. The Labute approximate surface area is 140 Å². The molecule has 0 unspecified atom stereocenters. The van der Waals surface area contributed by atoms with Crippen molar-refractivity contribution in [2.75, 3.05) is 13.2 Å². The molecule has 1 aliphatic rings. The van der Waals surface area contributed by atoms with Crippen molar-refractivity contribution in [3.05, 3.63) is 53.3 Å². The minimum atomic E-state index is -3.76. The van der Waals surface area contributed by atoms with Gasteiger partial charge in [0.05, 0.1) is 4.90 Å². The van der Waals surface area contributed by atoms with Gasteiger partial charge in [-0.2, -0.15) is 0 Å². The number of benzene rings is 2. The van der Waals surface area contributed by atoms with E-state index in [-0.39, 0.29) is 10.5 Å². The van der Waals surface area contributed by atoms with Gasteiger partial charge in [-0.1, -0.05) is 6.07 Å². The Morgan fingerprint density at radius 3 is 2.50 bits per heavy atom. The van der Waals surface area contributed by atoms with Crippen LogP contribution in [0.1, 0.15) is 24.1 Å². The lowest BCUT2D eigenvalue weighted by molar-refractivity contribution is 0.171. The van der Waals surface area contributed by atoms with E-state index < -0.39 is 21.9 Å². The molecule has 2 aromatic carbocycles. The Bertz CT molecular complexity index is 867. The van der Waals surface area contributed by atoms with Gasteiger partial charge in [0.1, 0.15) is 19.0 Å². The summed E-state index contributed by atoms with van der Waals surface area (Å²) in [6, 6.07) is 8.55. The maximum Gasteiger partial charge on any atom is 0.241 e. The summed E-state index contributed by atoms with van der Waals surface area (Å²) in [4.78, 5) is 0.0331. The monoisotopic (exact) mass is 351 g/mol. The fourth-order valence-electron chi connectivity index (χ4n) is 2.48. The molecule has 128 valence electrons. The van der Waals surface area contributed by atoms with Crippen LogP contribution in [0.5, 0.6) is 11.5 Å². The summed E-state index contributed by atoms with van der Waals surface area (Å²) in [5.41, 5.74) is 1.03. The first kappa shape index (κ1) is 16.7. The summed E-state index contributed by atoms with van der Waals surface area (Å²) in [5, 5.41) is 0. The Morgan fingerprint density at radius 1 is 1.08 bits per heavy atom. The summed E-state index contributed by atoms with van der Waals surface area (Å²) >= 11 is 0. The molecular weight excluding hydrogens is 333 g/mol. The molecular formula is C17H18FNO4S. The molecule has 0 spiro atoms.